The molecule has 0 radical (unpaired) electrons. The van der Waals surface area contributed by atoms with Gasteiger partial charge in [-0.25, -0.2) is 0 Å². The Hall–Kier alpha value is -0.400. The smallest absolute Gasteiger partial charge is 0.187 e. The van der Waals surface area contributed by atoms with Crippen LogP contribution in [0, 0.1) is 0 Å². The van der Waals surface area contributed by atoms with Gasteiger partial charge in [0, 0.05) is 0 Å². The SMILES string of the molecule is OC[C@H]1O[C@@H](O)[C@H](O)[C@@H](O[C@@H]2OC[C@](O)(CO)[C@H]2O)[C@@H]1O. The summed E-state index contributed by atoms with van der Waals surface area (Å²) in [5.74, 6) is 0. The van der Waals surface area contributed by atoms with Gasteiger partial charge in [-0.05, 0) is 0 Å². The fraction of sp³-hybridized carbons (Fsp3) is 1.00. The van der Waals surface area contributed by atoms with Gasteiger partial charge in [0.1, 0.15) is 36.1 Å². The van der Waals surface area contributed by atoms with E-state index in [1.54, 1.807) is 0 Å². The monoisotopic (exact) mass is 312 g/mol. The number of ether oxygens (including phenoxy) is 3. The molecule has 0 amide bonds. The number of hydrogen-bond acceptors (Lipinski definition) is 10. The fourth-order valence-corrected chi connectivity index (χ4v) is 2.29. The van der Waals surface area contributed by atoms with Crippen LogP contribution in [0.15, 0.2) is 0 Å². The van der Waals surface area contributed by atoms with Gasteiger partial charge in [-0.1, -0.05) is 0 Å². The number of aliphatic hydroxyl groups is 7. The highest BCUT2D eigenvalue weighted by atomic mass is 16.7. The summed E-state index contributed by atoms with van der Waals surface area (Å²) in [4.78, 5) is 0. The summed E-state index contributed by atoms with van der Waals surface area (Å²) >= 11 is 0. The van der Waals surface area contributed by atoms with Crippen LogP contribution in [-0.2, 0) is 14.2 Å². The van der Waals surface area contributed by atoms with Gasteiger partial charge in [0.15, 0.2) is 12.6 Å². The van der Waals surface area contributed by atoms with E-state index in [-0.39, 0.29) is 0 Å². The average Bonchev–Trinajstić information content (AvgIpc) is 2.76. The molecule has 8 atom stereocenters. The first-order valence-corrected chi connectivity index (χ1v) is 6.43. The standard InChI is InChI=1S/C11H20O10/c12-1-4-5(14)7(6(15)9(17)20-4)21-10-8(16)11(18,2-13)3-19-10/h4-10,12-18H,1-3H2/t4-,5-,6-,7+,8+,9-,10+,11-/m1/s1. The molecule has 10 nitrogen and oxygen atoms in total. The van der Waals surface area contributed by atoms with Crippen LogP contribution in [0.1, 0.15) is 0 Å². The first-order chi connectivity index (χ1) is 9.84. The van der Waals surface area contributed by atoms with Gasteiger partial charge < -0.3 is 50.0 Å². The van der Waals surface area contributed by atoms with Gasteiger partial charge in [-0.3, -0.25) is 0 Å². The van der Waals surface area contributed by atoms with Gasteiger partial charge in [-0.2, -0.15) is 0 Å². The molecule has 0 saturated carbocycles. The molecule has 0 spiro atoms. The lowest BCUT2D eigenvalue weighted by Crippen LogP contribution is -2.61. The molecule has 0 aromatic rings. The minimum atomic E-state index is -1.92. The molecule has 21 heavy (non-hydrogen) atoms. The summed E-state index contributed by atoms with van der Waals surface area (Å²) in [5, 5.41) is 66.9. The maximum absolute atomic E-state index is 9.92. The number of hydrogen-bond donors (Lipinski definition) is 7. The molecule has 2 aliphatic heterocycles. The van der Waals surface area contributed by atoms with Crippen LogP contribution in [0.25, 0.3) is 0 Å². The normalized spacial score (nSPS) is 51.3. The van der Waals surface area contributed by atoms with Crippen LogP contribution in [0.4, 0.5) is 0 Å². The largest absolute Gasteiger partial charge is 0.394 e. The Labute approximate surface area is 119 Å². The summed E-state index contributed by atoms with van der Waals surface area (Å²) in [5.41, 5.74) is -1.92. The molecule has 0 unspecified atom stereocenters. The van der Waals surface area contributed by atoms with E-state index in [9.17, 15) is 25.5 Å². The van der Waals surface area contributed by atoms with Crippen molar-refractivity contribution in [2.75, 3.05) is 19.8 Å². The van der Waals surface area contributed by atoms with E-state index in [1.165, 1.54) is 0 Å². The Balaban J connectivity index is 2.07. The van der Waals surface area contributed by atoms with Crippen LogP contribution in [-0.4, -0.2) is 104 Å². The fourth-order valence-electron chi connectivity index (χ4n) is 2.29. The predicted molar refractivity (Wildman–Crippen MR) is 62.6 cm³/mol. The molecule has 0 aromatic carbocycles. The third kappa shape index (κ3) is 3.05. The van der Waals surface area contributed by atoms with E-state index in [0.29, 0.717) is 0 Å². The molecule has 7 N–H and O–H groups in total. The molecule has 2 aliphatic rings. The molecule has 0 bridgehead atoms. The molecule has 124 valence electrons. The highest BCUT2D eigenvalue weighted by molar-refractivity contribution is 4.96. The summed E-state index contributed by atoms with van der Waals surface area (Å²) < 4.78 is 15.0. The van der Waals surface area contributed by atoms with Crippen molar-refractivity contribution >= 4 is 0 Å². The highest BCUT2D eigenvalue weighted by Gasteiger charge is 2.52. The molecule has 2 fully saturated rings. The lowest BCUT2D eigenvalue weighted by molar-refractivity contribution is -0.319. The molecule has 2 rings (SSSR count). The van der Waals surface area contributed by atoms with Crippen molar-refractivity contribution in [3.8, 4) is 0 Å². The Kier molecular flexibility index (Phi) is 5.15. The lowest BCUT2D eigenvalue weighted by Gasteiger charge is -2.41. The van der Waals surface area contributed by atoms with Crippen molar-refractivity contribution < 1.29 is 50.0 Å². The second-order valence-corrected chi connectivity index (χ2v) is 5.22. The van der Waals surface area contributed by atoms with Crippen molar-refractivity contribution in [3.63, 3.8) is 0 Å². The Morgan fingerprint density at radius 3 is 2.29 bits per heavy atom. The molecule has 10 heteroatoms. The van der Waals surface area contributed by atoms with Crippen molar-refractivity contribution in [1.82, 2.24) is 0 Å². The lowest BCUT2D eigenvalue weighted by atomic mass is 9.98. The third-order valence-electron chi connectivity index (χ3n) is 3.71. The summed E-state index contributed by atoms with van der Waals surface area (Å²) in [6.45, 7) is -1.80. The van der Waals surface area contributed by atoms with Crippen LogP contribution in [0.2, 0.25) is 0 Å². The first kappa shape index (κ1) is 17.0. The van der Waals surface area contributed by atoms with Crippen LogP contribution >= 0.6 is 0 Å². The predicted octanol–water partition coefficient (Wildman–Crippen LogP) is -4.76. The van der Waals surface area contributed by atoms with Gasteiger partial charge in [0.2, 0.25) is 0 Å². The number of aliphatic hydroxyl groups excluding tert-OH is 6. The molecule has 2 saturated heterocycles. The van der Waals surface area contributed by atoms with Crippen LogP contribution in [0.5, 0.6) is 0 Å². The second kappa shape index (κ2) is 6.38. The Morgan fingerprint density at radius 2 is 1.76 bits per heavy atom. The summed E-state index contributed by atoms with van der Waals surface area (Å²) in [7, 11) is 0. The molecular weight excluding hydrogens is 292 g/mol. The minimum absolute atomic E-state index is 0.406. The quantitative estimate of drug-likeness (QED) is 0.267. The van der Waals surface area contributed by atoms with Crippen molar-refractivity contribution in [2.24, 2.45) is 0 Å². The van der Waals surface area contributed by atoms with E-state index in [4.69, 9.17) is 24.4 Å². The van der Waals surface area contributed by atoms with Crippen LogP contribution < -0.4 is 0 Å². The molecule has 0 aliphatic carbocycles. The second-order valence-electron chi connectivity index (χ2n) is 5.22. The van der Waals surface area contributed by atoms with E-state index in [0.717, 1.165) is 0 Å². The topological polar surface area (TPSA) is 169 Å². The number of rotatable bonds is 4. The molecular formula is C11H20O10. The minimum Gasteiger partial charge on any atom is -0.394 e. The van der Waals surface area contributed by atoms with E-state index in [2.05, 4.69) is 0 Å². The van der Waals surface area contributed by atoms with Gasteiger partial charge in [-0.15, -0.1) is 0 Å². The van der Waals surface area contributed by atoms with E-state index in [1.807, 2.05) is 0 Å². The van der Waals surface area contributed by atoms with Crippen molar-refractivity contribution in [2.45, 2.75) is 48.7 Å². The highest BCUT2D eigenvalue weighted by Crippen LogP contribution is 2.30. The summed E-state index contributed by atoms with van der Waals surface area (Å²) in [6, 6.07) is 0. The maximum Gasteiger partial charge on any atom is 0.187 e. The first-order valence-electron chi connectivity index (χ1n) is 6.43. The van der Waals surface area contributed by atoms with Gasteiger partial charge >= 0.3 is 0 Å². The third-order valence-corrected chi connectivity index (χ3v) is 3.71. The van der Waals surface area contributed by atoms with Gasteiger partial charge in [0.25, 0.3) is 0 Å². The molecule has 2 heterocycles. The summed E-state index contributed by atoms with van der Waals surface area (Å²) in [6.07, 6.45) is -10.5. The Morgan fingerprint density at radius 1 is 1.10 bits per heavy atom. The van der Waals surface area contributed by atoms with E-state index >= 15 is 0 Å². The zero-order valence-corrected chi connectivity index (χ0v) is 11.0. The van der Waals surface area contributed by atoms with Gasteiger partial charge in [0.05, 0.1) is 19.8 Å². The zero-order valence-electron chi connectivity index (χ0n) is 11.0. The molecule has 0 aromatic heterocycles. The van der Waals surface area contributed by atoms with Crippen LogP contribution in [0.3, 0.4) is 0 Å². The van der Waals surface area contributed by atoms with Crippen molar-refractivity contribution in [1.29, 1.82) is 0 Å². The Bertz CT molecular complexity index is 354. The van der Waals surface area contributed by atoms with E-state index < -0.39 is 68.5 Å². The average molecular weight is 312 g/mol. The zero-order chi connectivity index (χ0) is 15.8. The maximum atomic E-state index is 9.92. The van der Waals surface area contributed by atoms with Crippen molar-refractivity contribution in [3.05, 3.63) is 0 Å².